The first-order valence-corrected chi connectivity index (χ1v) is 8.14. The molecule has 0 bridgehead atoms. The van der Waals surface area contributed by atoms with Gasteiger partial charge in [0.1, 0.15) is 12.4 Å². The Morgan fingerprint density at radius 1 is 1.27 bits per heavy atom. The van der Waals surface area contributed by atoms with E-state index in [9.17, 15) is 14.0 Å². The van der Waals surface area contributed by atoms with Crippen LogP contribution in [0.15, 0.2) is 51.9 Å². The Morgan fingerprint density at radius 3 is 2.85 bits per heavy atom. The van der Waals surface area contributed by atoms with Crippen molar-refractivity contribution in [2.24, 2.45) is 0 Å². The molecule has 0 atom stereocenters. The Kier molecular flexibility index (Phi) is 5.21. The van der Waals surface area contributed by atoms with Crippen molar-refractivity contribution in [3.05, 3.63) is 64.6 Å². The largest absolute Gasteiger partial charge is 0.334 e. The van der Waals surface area contributed by atoms with Crippen molar-refractivity contribution < 1.29 is 13.7 Å². The minimum absolute atomic E-state index is 0.0582. The first-order valence-electron chi connectivity index (χ1n) is 8.14. The molecule has 0 saturated carbocycles. The highest BCUT2D eigenvalue weighted by atomic mass is 19.1. The number of hydrogen-bond donors (Lipinski definition) is 1. The maximum absolute atomic E-state index is 13.6. The Hall–Kier alpha value is -3.29. The van der Waals surface area contributed by atoms with Gasteiger partial charge in [0.15, 0.2) is 5.82 Å². The minimum Gasteiger partial charge on any atom is -0.334 e. The molecule has 1 amide bonds. The number of para-hydroxylation sites is 1. The van der Waals surface area contributed by atoms with Gasteiger partial charge in [-0.3, -0.25) is 9.59 Å². The van der Waals surface area contributed by atoms with Gasteiger partial charge in [-0.25, -0.2) is 4.39 Å². The number of halogens is 1. The van der Waals surface area contributed by atoms with Gasteiger partial charge in [-0.2, -0.15) is 4.98 Å². The molecule has 1 N–H and O–H groups in total. The van der Waals surface area contributed by atoms with Gasteiger partial charge < -0.3 is 14.4 Å². The molecule has 2 heterocycles. The minimum atomic E-state index is -0.545. The highest BCUT2D eigenvalue weighted by Gasteiger charge is 2.12. The van der Waals surface area contributed by atoms with Crippen LogP contribution in [0, 0.1) is 5.82 Å². The van der Waals surface area contributed by atoms with Gasteiger partial charge >= 0.3 is 0 Å². The molecule has 0 aliphatic carbocycles. The second-order valence-corrected chi connectivity index (χ2v) is 5.68. The van der Waals surface area contributed by atoms with Crippen LogP contribution in [-0.4, -0.2) is 20.6 Å². The van der Waals surface area contributed by atoms with Crippen molar-refractivity contribution in [2.75, 3.05) is 5.32 Å². The number of nitrogens with one attached hydrogen (secondary N) is 1. The van der Waals surface area contributed by atoms with Gasteiger partial charge in [-0.1, -0.05) is 24.2 Å². The second kappa shape index (κ2) is 7.73. The third-order valence-corrected chi connectivity index (χ3v) is 3.63. The predicted octanol–water partition coefficient (Wildman–Crippen LogP) is 2.63. The molecular formula is C18H17FN4O3. The quantitative estimate of drug-likeness (QED) is 0.733. The summed E-state index contributed by atoms with van der Waals surface area (Å²) in [6, 6.07) is 8.68. The van der Waals surface area contributed by atoms with Gasteiger partial charge in [0.25, 0.3) is 11.4 Å². The van der Waals surface area contributed by atoms with E-state index in [-0.39, 0.29) is 23.7 Å². The number of carbonyl (C=O) groups is 1. The van der Waals surface area contributed by atoms with Crippen molar-refractivity contribution >= 4 is 11.6 Å². The predicted molar refractivity (Wildman–Crippen MR) is 93.0 cm³/mol. The van der Waals surface area contributed by atoms with Crippen molar-refractivity contribution in [3.8, 4) is 11.5 Å². The molecular weight excluding hydrogens is 339 g/mol. The molecule has 0 saturated heterocycles. The highest BCUT2D eigenvalue weighted by molar-refractivity contribution is 5.90. The number of benzene rings is 1. The Bertz CT molecular complexity index is 980. The van der Waals surface area contributed by atoms with Crippen LogP contribution in [0.1, 0.15) is 19.2 Å². The maximum Gasteiger partial charge on any atom is 0.259 e. The van der Waals surface area contributed by atoms with Gasteiger partial charge in [0, 0.05) is 18.7 Å². The van der Waals surface area contributed by atoms with Gasteiger partial charge in [0.2, 0.25) is 5.91 Å². The molecule has 7 nitrogen and oxygen atoms in total. The van der Waals surface area contributed by atoms with Crippen LogP contribution >= 0.6 is 0 Å². The summed E-state index contributed by atoms with van der Waals surface area (Å²) in [5, 5.41) is 6.31. The van der Waals surface area contributed by atoms with Gasteiger partial charge in [0.05, 0.1) is 11.3 Å². The zero-order valence-electron chi connectivity index (χ0n) is 14.1. The number of anilines is 1. The van der Waals surface area contributed by atoms with Crippen molar-refractivity contribution in [2.45, 2.75) is 26.3 Å². The Balaban J connectivity index is 1.78. The lowest BCUT2D eigenvalue weighted by atomic mass is 10.2. The maximum atomic E-state index is 13.6. The molecule has 0 aliphatic rings. The standard InChI is InChI=1S/C18H17FN4O3/c1-2-5-15-21-18(26-22-15)12-8-9-17(25)23(10-12)11-16(24)20-14-7-4-3-6-13(14)19/h3-4,6-10H,2,5,11H2,1H3,(H,20,24). The fourth-order valence-corrected chi connectivity index (χ4v) is 2.38. The molecule has 3 rings (SSSR count). The van der Waals surface area contributed by atoms with Crippen LogP contribution in [-0.2, 0) is 17.8 Å². The number of amides is 1. The van der Waals surface area contributed by atoms with E-state index >= 15 is 0 Å². The van der Waals surface area contributed by atoms with E-state index in [1.807, 2.05) is 6.92 Å². The normalized spacial score (nSPS) is 10.7. The number of nitrogens with zero attached hydrogens (tertiary/aromatic N) is 3. The second-order valence-electron chi connectivity index (χ2n) is 5.68. The van der Waals surface area contributed by atoms with Crippen molar-refractivity contribution in [1.82, 2.24) is 14.7 Å². The average molecular weight is 356 g/mol. The molecule has 0 fully saturated rings. The summed E-state index contributed by atoms with van der Waals surface area (Å²) in [4.78, 5) is 28.4. The Morgan fingerprint density at radius 2 is 2.08 bits per heavy atom. The lowest BCUT2D eigenvalue weighted by molar-refractivity contribution is -0.116. The van der Waals surface area contributed by atoms with Crippen LogP contribution in [0.2, 0.25) is 0 Å². The number of aryl methyl sites for hydroxylation is 1. The molecule has 1 aromatic carbocycles. The summed E-state index contributed by atoms with van der Waals surface area (Å²) in [5.74, 6) is -0.211. The highest BCUT2D eigenvalue weighted by Crippen LogP contribution is 2.16. The molecule has 8 heteroatoms. The number of hydrogen-bond acceptors (Lipinski definition) is 5. The molecule has 26 heavy (non-hydrogen) atoms. The molecule has 0 aliphatic heterocycles. The van der Waals surface area contributed by atoms with Crippen LogP contribution in [0.4, 0.5) is 10.1 Å². The molecule has 0 radical (unpaired) electrons. The zero-order valence-corrected chi connectivity index (χ0v) is 14.1. The van der Waals surface area contributed by atoms with Crippen molar-refractivity contribution in [3.63, 3.8) is 0 Å². The lowest BCUT2D eigenvalue weighted by Crippen LogP contribution is -2.27. The van der Waals surface area contributed by atoms with Crippen LogP contribution in [0.25, 0.3) is 11.5 Å². The monoisotopic (exact) mass is 356 g/mol. The van der Waals surface area contributed by atoms with Crippen LogP contribution in [0.3, 0.4) is 0 Å². The van der Waals surface area contributed by atoms with E-state index in [4.69, 9.17) is 4.52 Å². The van der Waals surface area contributed by atoms with E-state index < -0.39 is 11.7 Å². The Labute approximate surface area is 148 Å². The topological polar surface area (TPSA) is 90.0 Å². The smallest absolute Gasteiger partial charge is 0.259 e. The van der Waals surface area contributed by atoms with Crippen LogP contribution in [0.5, 0.6) is 0 Å². The number of carbonyl (C=O) groups excluding carboxylic acids is 1. The summed E-state index contributed by atoms with van der Waals surface area (Å²) in [6.45, 7) is 1.74. The molecule has 3 aromatic rings. The zero-order chi connectivity index (χ0) is 18.5. The summed E-state index contributed by atoms with van der Waals surface area (Å²) in [5.41, 5.74) is 0.215. The summed E-state index contributed by atoms with van der Waals surface area (Å²) < 4.78 is 20.0. The number of rotatable bonds is 6. The summed E-state index contributed by atoms with van der Waals surface area (Å²) in [6.07, 6.45) is 3.04. The first-order chi connectivity index (χ1) is 12.6. The van der Waals surface area contributed by atoms with E-state index in [0.717, 1.165) is 6.42 Å². The average Bonchev–Trinajstić information content (AvgIpc) is 3.08. The fraction of sp³-hybridized carbons (Fsp3) is 0.222. The SMILES string of the molecule is CCCc1noc(-c2ccc(=O)n(CC(=O)Nc3ccccc3F)c2)n1. The van der Waals surface area contributed by atoms with Crippen molar-refractivity contribution in [1.29, 1.82) is 0 Å². The van der Waals surface area contributed by atoms with E-state index in [1.165, 1.54) is 35.0 Å². The molecule has 2 aromatic heterocycles. The molecule has 0 spiro atoms. The molecule has 134 valence electrons. The van der Waals surface area contributed by atoms with Crippen LogP contribution < -0.4 is 10.9 Å². The third-order valence-electron chi connectivity index (χ3n) is 3.63. The van der Waals surface area contributed by atoms with E-state index in [0.29, 0.717) is 17.8 Å². The molecule has 0 unspecified atom stereocenters. The first kappa shape index (κ1) is 17.5. The van der Waals surface area contributed by atoms with Gasteiger partial charge in [-0.15, -0.1) is 0 Å². The summed E-state index contributed by atoms with van der Waals surface area (Å²) >= 11 is 0. The fourth-order valence-electron chi connectivity index (χ4n) is 2.38. The lowest BCUT2D eigenvalue weighted by Gasteiger charge is -2.08. The number of aromatic nitrogens is 3. The van der Waals surface area contributed by atoms with E-state index in [1.54, 1.807) is 12.1 Å². The van der Waals surface area contributed by atoms with E-state index in [2.05, 4.69) is 15.5 Å². The number of pyridine rings is 1. The third kappa shape index (κ3) is 4.02. The van der Waals surface area contributed by atoms with Gasteiger partial charge in [-0.05, 0) is 24.6 Å². The summed E-state index contributed by atoms with van der Waals surface area (Å²) in [7, 11) is 0.